The van der Waals surface area contributed by atoms with Gasteiger partial charge in [0.05, 0.1) is 33.4 Å². The van der Waals surface area contributed by atoms with E-state index in [2.05, 4.69) is 382 Å². The molecule has 97 heavy (non-hydrogen) atoms. The van der Waals surface area contributed by atoms with Gasteiger partial charge >= 0.3 is 0 Å². The van der Waals surface area contributed by atoms with Crippen molar-refractivity contribution in [3.63, 3.8) is 0 Å². The number of hydrogen-bond acceptors (Lipinski definition) is 2. The van der Waals surface area contributed by atoms with Crippen molar-refractivity contribution < 1.29 is 0 Å². The summed E-state index contributed by atoms with van der Waals surface area (Å²) >= 11 is 0. The van der Waals surface area contributed by atoms with Crippen molar-refractivity contribution in [2.24, 2.45) is 0 Å². The van der Waals surface area contributed by atoms with Crippen molar-refractivity contribution in [1.29, 1.82) is 0 Å². The van der Waals surface area contributed by atoms with E-state index in [1.807, 2.05) is 0 Å². The fourth-order valence-electron chi connectivity index (χ4n) is 16.1. The van der Waals surface area contributed by atoms with Gasteiger partial charge in [-0.25, -0.2) is 0 Å². The van der Waals surface area contributed by atoms with Gasteiger partial charge in [-0.2, -0.15) is 0 Å². The Kier molecular flexibility index (Phi) is 13.4. The molecule has 0 unspecified atom stereocenters. The summed E-state index contributed by atoms with van der Waals surface area (Å²) in [5, 5.41) is 4.91. The van der Waals surface area contributed by atoms with E-state index < -0.39 is 0 Å². The highest BCUT2D eigenvalue weighted by atomic mass is 15.2. The van der Waals surface area contributed by atoms with E-state index in [4.69, 9.17) is 0 Å². The molecule has 0 spiro atoms. The largest absolute Gasteiger partial charge is 0.310 e. The van der Waals surface area contributed by atoms with Crippen LogP contribution in [0, 0.1) is 0 Å². The summed E-state index contributed by atoms with van der Waals surface area (Å²) in [7, 11) is 0. The Labute approximate surface area is 568 Å². The van der Waals surface area contributed by atoms with Crippen LogP contribution in [-0.2, 0) is 10.8 Å². The third-order valence-corrected chi connectivity index (χ3v) is 20.6. The van der Waals surface area contributed by atoms with Crippen LogP contribution in [0.15, 0.2) is 322 Å². The van der Waals surface area contributed by atoms with Crippen molar-refractivity contribution in [2.75, 3.05) is 9.80 Å². The summed E-state index contributed by atoms with van der Waals surface area (Å²) in [6.45, 7) is 13.9. The molecule has 5 heteroatoms. The number of anilines is 6. The Morgan fingerprint density at radius 3 is 0.938 bits per heavy atom. The van der Waals surface area contributed by atoms with E-state index >= 15 is 0 Å². The second-order valence-electron chi connectivity index (χ2n) is 28.4. The van der Waals surface area contributed by atoms with Crippen LogP contribution in [-0.4, -0.2) is 15.8 Å². The first kappa shape index (κ1) is 58.0. The van der Waals surface area contributed by atoms with Crippen LogP contribution in [0.5, 0.6) is 0 Å². The molecule has 462 valence electrons. The molecule has 0 N–H and O–H groups in total. The van der Waals surface area contributed by atoms with Gasteiger partial charge < -0.3 is 18.9 Å². The number of rotatable bonds is 9. The standard InChI is InChI=1S/C92H71BN4/c1-91(2,3)65-49-52-68(77(57-65)92(4,5)6)64-55-86-88-87(56-64)97(90-71(62-33-15-9-16-34-62)43-28-44-72(90)63-35-17-10-18-36-63)85-59-67(95-82-47-25-21-39-75(82)76-40-22-26-48-83(76)95)51-54-79(85)93(88)78-53-50-66(94-80-45-23-19-37-73(80)74-38-20-24-46-81(74)94)58-84(78)96(86)89-69(60-29-11-7-12-30-60)41-27-42-70(89)61-31-13-8-14-32-61/h7-59H,1-6H3. The Balaban J connectivity index is 1.05. The van der Waals surface area contributed by atoms with Crippen LogP contribution in [0.25, 0.3) is 111 Å². The second kappa shape index (κ2) is 22.5. The van der Waals surface area contributed by atoms with Crippen molar-refractivity contribution in [1.82, 2.24) is 9.13 Å². The van der Waals surface area contributed by atoms with Crippen LogP contribution >= 0.6 is 0 Å². The summed E-state index contributed by atoms with van der Waals surface area (Å²) < 4.78 is 4.99. The number of nitrogens with zero attached hydrogens (tertiary/aromatic N) is 4. The topological polar surface area (TPSA) is 16.3 Å². The zero-order chi connectivity index (χ0) is 65.3. The Hall–Kier alpha value is -11.7. The monoisotopic (exact) mass is 1240 g/mol. The maximum absolute atomic E-state index is 2.70. The van der Waals surface area contributed by atoms with Gasteiger partial charge in [-0.05, 0) is 132 Å². The molecule has 4 nitrogen and oxygen atoms in total. The first-order valence-corrected chi connectivity index (χ1v) is 34.1. The highest BCUT2D eigenvalue weighted by molar-refractivity contribution is 7.00. The molecule has 2 aliphatic rings. The SMILES string of the molecule is CC(C)(C)c1ccc(-c2cc3c4c(c2)N(c2c(-c5ccccc5)cccc2-c2ccccc2)c2cc(-n5c6ccccc6c6ccccc65)ccc2B4c2ccc(-n4c5ccccc5c5ccccc54)cc2N3c2c(-c3ccccc3)cccc2-c2ccccc2)c(C(C)(C)C)c1. The number of aromatic nitrogens is 2. The van der Waals surface area contributed by atoms with Gasteiger partial charge in [0.2, 0.25) is 0 Å². The number of para-hydroxylation sites is 6. The number of hydrogen-bond donors (Lipinski definition) is 0. The minimum absolute atomic E-state index is 0.0826. The molecule has 0 saturated heterocycles. The van der Waals surface area contributed by atoms with Gasteiger partial charge in [0.1, 0.15) is 0 Å². The lowest BCUT2D eigenvalue weighted by atomic mass is 9.33. The van der Waals surface area contributed by atoms with Gasteiger partial charge in [0, 0.05) is 77.9 Å². The first-order valence-electron chi connectivity index (χ1n) is 34.1. The van der Waals surface area contributed by atoms with Crippen molar-refractivity contribution in [3.05, 3.63) is 333 Å². The van der Waals surface area contributed by atoms with Gasteiger partial charge in [-0.3, -0.25) is 0 Å². The summed E-state index contributed by atoms with van der Waals surface area (Å²) in [6, 6.07) is 121. The average Bonchev–Trinajstić information content (AvgIpc) is 1.14. The molecule has 0 radical (unpaired) electrons. The summed E-state index contributed by atoms with van der Waals surface area (Å²) in [4.78, 5) is 5.40. The van der Waals surface area contributed by atoms with Crippen LogP contribution in [0.1, 0.15) is 52.7 Å². The predicted octanol–water partition coefficient (Wildman–Crippen LogP) is 22.9. The molecule has 0 bridgehead atoms. The molecule has 2 aliphatic heterocycles. The molecule has 0 saturated carbocycles. The minimum Gasteiger partial charge on any atom is -0.310 e. The van der Waals surface area contributed by atoms with Crippen LogP contribution < -0.4 is 26.2 Å². The van der Waals surface area contributed by atoms with E-state index in [1.165, 1.54) is 76.7 Å². The summed E-state index contributed by atoms with van der Waals surface area (Å²) in [5.74, 6) is 0. The number of fused-ring (bicyclic) bond motifs is 10. The molecular weight excluding hydrogens is 1170 g/mol. The zero-order valence-corrected chi connectivity index (χ0v) is 55.5. The van der Waals surface area contributed by atoms with Gasteiger partial charge in [0.25, 0.3) is 6.71 Å². The molecule has 16 aromatic rings. The average molecular weight is 1240 g/mol. The maximum atomic E-state index is 2.70. The lowest BCUT2D eigenvalue weighted by molar-refractivity contribution is 0.570. The summed E-state index contributed by atoms with van der Waals surface area (Å²) in [5.41, 5.74) is 31.1. The van der Waals surface area contributed by atoms with E-state index in [-0.39, 0.29) is 17.5 Å². The van der Waals surface area contributed by atoms with Gasteiger partial charge in [-0.15, -0.1) is 0 Å². The lowest BCUT2D eigenvalue weighted by Gasteiger charge is -2.46. The second-order valence-corrected chi connectivity index (χ2v) is 28.4. The van der Waals surface area contributed by atoms with E-state index in [0.29, 0.717) is 0 Å². The van der Waals surface area contributed by atoms with Crippen molar-refractivity contribution >= 4 is 101 Å². The quantitative estimate of drug-likeness (QED) is 0.134. The highest BCUT2D eigenvalue weighted by Gasteiger charge is 2.46. The van der Waals surface area contributed by atoms with E-state index in [0.717, 1.165) is 95.6 Å². The maximum Gasteiger partial charge on any atom is 0.252 e. The minimum atomic E-state index is -0.241. The smallest absolute Gasteiger partial charge is 0.252 e. The van der Waals surface area contributed by atoms with Gasteiger partial charge in [0.15, 0.2) is 0 Å². The third-order valence-electron chi connectivity index (χ3n) is 20.6. The molecule has 14 aromatic carbocycles. The van der Waals surface area contributed by atoms with Crippen LogP contribution in [0.3, 0.4) is 0 Å². The fraction of sp³-hybridized carbons (Fsp3) is 0.0870. The molecule has 4 heterocycles. The molecule has 0 amide bonds. The third kappa shape index (κ3) is 9.35. The molecule has 0 aliphatic carbocycles. The normalized spacial score (nSPS) is 12.8. The first-order chi connectivity index (χ1) is 47.4. The van der Waals surface area contributed by atoms with Crippen LogP contribution in [0.2, 0.25) is 0 Å². The molecule has 0 fully saturated rings. The highest BCUT2D eigenvalue weighted by Crippen LogP contribution is 2.55. The van der Waals surface area contributed by atoms with E-state index in [9.17, 15) is 0 Å². The Morgan fingerprint density at radius 1 is 0.258 bits per heavy atom. The zero-order valence-electron chi connectivity index (χ0n) is 55.5. The number of benzene rings is 14. The fourth-order valence-corrected chi connectivity index (χ4v) is 16.1. The Bertz CT molecular complexity index is 5250. The predicted molar refractivity (Wildman–Crippen MR) is 414 cm³/mol. The van der Waals surface area contributed by atoms with Crippen molar-refractivity contribution in [3.8, 4) is 67.0 Å². The molecular formula is C92H71BN4. The van der Waals surface area contributed by atoms with Crippen molar-refractivity contribution in [2.45, 2.75) is 52.4 Å². The molecule has 18 rings (SSSR count). The molecule has 2 aromatic heterocycles. The van der Waals surface area contributed by atoms with E-state index in [1.54, 1.807) is 0 Å². The van der Waals surface area contributed by atoms with Gasteiger partial charge in [-0.1, -0.05) is 302 Å². The molecule has 0 atom stereocenters. The van der Waals surface area contributed by atoms with Crippen LogP contribution in [0.4, 0.5) is 34.1 Å². The Morgan fingerprint density at radius 2 is 0.598 bits per heavy atom. The lowest BCUT2D eigenvalue weighted by Crippen LogP contribution is -2.61. The summed E-state index contributed by atoms with van der Waals surface area (Å²) in [6.07, 6.45) is 0.